The minimum absolute atomic E-state index is 0. The van der Waals surface area contributed by atoms with E-state index in [1.54, 1.807) is 23.5 Å². The van der Waals surface area contributed by atoms with E-state index in [-0.39, 0.29) is 29.7 Å². The van der Waals surface area contributed by atoms with Gasteiger partial charge in [-0.25, -0.2) is 4.99 Å². The number of aromatic hydroxyl groups is 1. The lowest BCUT2D eigenvalue weighted by atomic mass is 10.1. The van der Waals surface area contributed by atoms with Crippen molar-refractivity contribution in [1.29, 1.82) is 0 Å². The Labute approximate surface area is 170 Å². The third-order valence-corrected chi connectivity index (χ3v) is 4.72. The van der Waals surface area contributed by atoms with E-state index in [1.165, 1.54) is 12.0 Å². The number of halogens is 1. The van der Waals surface area contributed by atoms with Crippen molar-refractivity contribution in [2.45, 2.75) is 26.3 Å². The van der Waals surface area contributed by atoms with Crippen molar-refractivity contribution in [1.82, 2.24) is 10.6 Å². The molecule has 0 spiro atoms. The van der Waals surface area contributed by atoms with Gasteiger partial charge in [-0.3, -0.25) is 0 Å². The lowest BCUT2D eigenvalue weighted by molar-refractivity contribution is 0.373. The lowest BCUT2D eigenvalue weighted by Crippen LogP contribution is -2.39. The highest BCUT2D eigenvalue weighted by molar-refractivity contribution is 14.0. The minimum atomic E-state index is 0. The van der Waals surface area contributed by atoms with Crippen molar-refractivity contribution in [3.8, 4) is 11.5 Å². The zero-order valence-corrected chi connectivity index (χ0v) is 17.9. The van der Waals surface area contributed by atoms with Crippen LogP contribution in [-0.2, 0) is 6.54 Å². The van der Waals surface area contributed by atoms with E-state index in [0.717, 1.165) is 24.6 Å². The van der Waals surface area contributed by atoms with E-state index in [0.29, 0.717) is 18.2 Å². The average Bonchev–Trinajstić information content (AvgIpc) is 3.12. The van der Waals surface area contributed by atoms with Crippen LogP contribution in [0.1, 0.15) is 30.2 Å². The first kappa shape index (κ1) is 21.6. The molecule has 0 aliphatic carbocycles. The number of thiophene rings is 1. The van der Waals surface area contributed by atoms with Crippen LogP contribution in [0.2, 0.25) is 0 Å². The van der Waals surface area contributed by atoms with Crippen LogP contribution in [-0.4, -0.2) is 31.3 Å². The third-order valence-electron chi connectivity index (χ3n) is 3.61. The molecule has 1 atom stereocenters. The molecule has 1 aromatic heterocycles. The first-order chi connectivity index (χ1) is 11.6. The van der Waals surface area contributed by atoms with Crippen LogP contribution in [0.25, 0.3) is 0 Å². The Hall–Kier alpha value is -1.48. The van der Waals surface area contributed by atoms with Crippen molar-refractivity contribution in [3.05, 3.63) is 46.2 Å². The molecule has 0 amide bonds. The quantitative estimate of drug-likeness (QED) is 0.323. The van der Waals surface area contributed by atoms with Crippen molar-refractivity contribution in [2.24, 2.45) is 4.99 Å². The fourth-order valence-corrected chi connectivity index (χ4v) is 3.06. The topological polar surface area (TPSA) is 65.9 Å². The van der Waals surface area contributed by atoms with Gasteiger partial charge < -0.3 is 20.5 Å². The van der Waals surface area contributed by atoms with Gasteiger partial charge in [0.1, 0.15) is 0 Å². The average molecular weight is 475 g/mol. The summed E-state index contributed by atoms with van der Waals surface area (Å²) in [7, 11) is 1.54. The molecule has 7 heteroatoms. The molecular weight excluding hydrogens is 449 g/mol. The highest BCUT2D eigenvalue weighted by Gasteiger charge is 2.08. The first-order valence-corrected chi connectivity index (χ1v) is 8.93. The van der Waals surface area contributed by atoms with Crippen molar-refractivity contribution >= 4 is 41.3 Å². The first-order valence-electron chi connectivity index (χ1n) is 8.05. The Morgan fingerprint density at radius 3 is 2.72 bits per heavy atom. The molecule has 2 rings (SSSR count). The third kappa shape index (κ3) is 6.74. The Kier molecular flexibility index (Phi) is 9.66. The van der Waals surface area contributed by atoms with Gasteiger partial charge in [0.2, 0.25) is 0 Å². The van der Waals surface area contributed by atoms with Gasteiger partial charge in [-0.05, 0) is 36.1 Å². The molecule has 0 aliphatic rings. The molecule has 0 radical (unpaired) electrons. The molecule has 5 nitrogen and oxygen atoms in total. The number of benzene rings is 1. The fourth-order valence-electron chi connectivity index (χ4n) is 2.27. The number of methoxy groups -OCH3 is 1. The van der Waals surface area contributed by atoms with E-state index < -0.39 is 0 Å². The van der Waals surface area contributed by atoms with Crippen LogP contribution in [0.15, 0.2) is 40.7 Å². The maximum atomic E-state index is 9.84. The molecule has 0 saturated carbocycles. The molecule has 138 valence electrons. The molecule has 1 unspecified atom stereocenters. The summed E-state index contributed by atoms with van der Waals surface area (Å²) in [6.07, 6.45) is 0. The number of aliphatic imine (C=N–C) groups is 1. The van der Waals surface area contributed by atoms with Gasteiger partial charge in [0.05, 0.1) is 13.7 Å². The summed E-state index contributed by atoms with van der Waals surface area (Å²) in [5, 5.41) is 18.6. The fraction of sp³-hybridized carbons (Fsp3) is 0.389. The number of rotatable bonds is 7. The van der Waals surface area contributed by atoms with Gasteiger partial charge in [-0.1, -0.05) is 19.1 Å². The van der Waals surface area contributed by atoms with E-state index in [4.69, 9.17) is 4.74 Å². The lowest BCUT2D eigenvalue weighted by Gasteiger charge is -2.15. The summed E-state index contributed by atoms with van der Waals surface area (Å²) in [6, 6.07) is 9.56. The highest BCUT2D eigenvalue weighted by atomic mass is 127. The molecule has 1 aromatic carbocycles. The van der Waals surface area contributed by atoms with Crippen LogP contribution >= 0.6 is 35.3 Å². The monoisotopic (exact) mass is 475 g/mol. The number of hydrogen-bond acceptors (Lipinski definition) is 4. The van der Waals surface area contributed by atoms with E-state index >= 15 is 0 Å². The largest absolute Gasteiger partial charge is 0.504 e. The van der Waals surface area contributed by atoms with Crippen LogP contribution in [0, 0.1) is 0 Å². The van der Waals surface area contributed by atoms with Crippen molar-refractivity contribution in [2.75, 3.05) is 20.2 Å². The summed E-state index contributed by atoms with van der Waals surface area (Å²) in [5.41, 5.74) is 0.928. The van der Waals surface area contributed by atoms with Crippen LogP contribution < -0.4 is 15.4 Å². The molecule has 0 saturated heterocycles. The molecule has 25 heavy (non-hydrogen) atoms. The standard InChI is InChI=1S/C18H25N3O2S.HI/c1-4-19-18(20-11-13(2)17-6-5-9-24-17)21-12-14-7-8-16(23-3)15(22)10-14;/h5-10,13,22H,4,11-12H2,1-3H3,(H2,19,20,21);1H. The Balaban J connectivity index is 0.00000312. The van der Waals surface area contributed by atoms with Gasteiger partial charge in [0, 0.05) is 23.9 Å². The van der Waals surface area contributed by atoms with Crippen LogP contribution in [0.4, 0.5) is 0 Å². The summed E-state index contributed by atoms with van der Waals surface area (Å²) in [6.45, 7) is 6.34. The predicted octanol–water partition coefficient (Wildman–Crippen LogP) is 3.94. The maximum Gasteiger partial charge on any atom is 0.191 e. The van der Waals surface area contributed by atoms with E-state index in [1.807, 2.05) is 13.0 Å². The maximum absolute atomic E-state index is 9.84. The SMILES string of the molecule is CCNC(=NCc1ccc(OC)c(O)c1)NCC(C)c1cccs1.I. The number of guanidine groups is 1. The van der Waals surface area contributed by atoms with Gasteiger partial charge in [-0.2, -0.15) is 0 Å². The van der Waals surface area contributed by atoms with E-state index in [2.05, 4.69) is 40.1 Å². The second-order valence-corrected chi connectivity index (χ2v) is 6.48. The zero-order chi connectivity index (χ0) is 17.4. The predicted molar refractivity (Wildman–Crippen MR) is 116 cm³/mol. The summed E-state index contributed by atoms with van der Waals surface area (Å²) in [4.78, 5) is 5.94. The van der Waals surface area contributed by atoms with E-state index in [9.17, 15) is 5.11 Å². The Morgan fingerprint density at radius 1 is 1.32 bits per heavy atom. The van der Waals surface area contributed by atoms with Crippen molar-refractivity contribution in [3.63, 3.8) is 0 Å². The van der Waals surface area contributed by atoms with Crippen LogP contribution in [0.5, 0.6) is 11.5 Å². The van der Waals surface area contributed by atoms with Crippen molar-refractivity contribution < 1.29 is 9.84 Å². The van der Waals surface area contributed by atoms with Gasteiger partial charge in [0.25, 0.3) is 0 Å². The molecule has 0 bridgehead atoms. The Bertz CT molecular complexity index is 662. The number of ether oxygens (including phenoxy) is 1. The molecule has 0 aliphatic heterocycles. The van der Waals surface area contributed by atoms with Gasteiger partial charge >= 0.3 is 0 Å². The normalized spacial score (nSPS) is 12.2. The number of nitrogens with one attached hydrogen (secondary N) is 2. The van der Waals surface area contributed by atoms with Gasteiger partial charge in [-0.15, -0.1) is 35.3 Å². The minimum Gasteiger partial charge on any atom is -0.504 e. The Morgan fingerprint density at radius 2 is 2.12 bits per heavy atom. The smallest absolute Gasteiger partial charge is 0.191 e. The number of phenolic OH excluding ortho intramolecular Hbond substituents is 1. The highest BCUT2D eigenvalue weighted by Crippen LogP contribution is 2.26. The molecular formula is C18H26IN3O2S. The van der Waals surface area contributed by atoms with Gasteiger partial charge in [0.15, 0.2) is 17.5 Å². The summed E-state index contributed by atoms with van der Waals surface area (Å²) in [5.74, 6) is 1.81. The number of nitrogens with zero attached hydrogens (tertiary/aromatic N) is 1. The number of hydrogen-bond donors (Lipinski definition) is 3. The summed E-state index contributed by atoms with van der Waals surface area (Å²) < 4.78 is 5.05. The van der Waals surface area contributed by atoms with Crippen LogP contribution in [0.3, 0.4) is 0 Å². The second-order valence-electron chi connectivity index (χ2n) is 5.50. The molecule has 0 fully saturated rings. The molecule has 3 N–H and O–H groups in total. The number of phenols is 1. The molecule has 2 aromatic rings. The second kappa shape index (κ2) is 11.2. The zero-order valence-electron chi connectivity index (χ0n) is 14.8. The molecule has 1 heterocycles. The summed E-state index contributed by atoms with van der Waals surface area (Å²) >= 11 is 1.77.